The molecule has 0 bridgehead atoms. The van der Waals surface area contributed by atoms with Crippen LogP contribution < -0.4 is 0 Å². The first-order valence-electron chi connectivity index (χ1n) is 9.72. The number of aliphatic hydroxyl groups is 1. The highest BCUT2D eigenvalue weighted by molar-refractivity contribution is 4.66. The smallest absolute Gasteiger partial charge is 0.0461 e. The summed E-state index contributed by atoms with van der Waals surface area (Å²) in [4.78, 5) is 0. The Kier molecular flexibility index (Phi) is 14.9. The molecule has 0 aromatic carbocycles. The van der Waals surface area contributed by atoms with Crippen molar-refractivity contribution in [3.8, 4) is 0 Å². The van der Waals surface area contributed by atoms with Gasteiger partial charge in [-0.3, -0.25) is 0 Å². The summed E-state index contributed by atoms with van der Waals surface area (Å²) in [6.45, 7) is 9.60. The molecule has 2 atom stereocenters. The Balaban J connectivity index is 3.55. The lowest BCUT2D eigenvalue weighted by atomic mass is 9.85. The summed E-state index contributed by atoms with van der Waals surface area (Å²) in [5, 5.41) is 9.60. The molecule has 0 radical (unpaired) electrons. The van der Waals surface area contributed by atoms with E-state index in [9.17, 15) is 5.11 Å². The van der Waals surface area contributed by atoms with Gasteiger partial charge < -0.3 is 5.11 Å². The van der Waals surface area contributed by atoms with E-state index >= 15 is 0 Å². The zero-order valence-corrected chi connectivity index (χ0v) is 15.4. The van der Waals surface area contributed by atoms with Crippen molar-refractivity contribution in [2.45, 2.75) is 105 Å². The van der Waals surface area contributed by atoms with Gasteiger partial charge in [-0.2, -0.15) is 0 Å². The van der Waals surface area contributed by atoms with Gasteiger partial charge in [-0.1, -0.05) is 98.3 Å². The monoisotopic (exact) mass is 298 g/mol. The summed E-state index contributed by atoms with van der Waals surface area (Å²) >= 11 is 0. The van der Waals surface area contributed by atoms with Crippen molar-refractivity contribution in [3.63, 3.8) is 0 Å². The zero-order chi connectivity index (χ0) is 15.9. The van der Waals surface area contributed by atoms with Gasteiger partial charge in [-0.05, 0) is 24.2 Å². The lowest BCUT2D eigenvalue weighted by Gasteiger charge is -2.22. The summed E-state index contributed by atoms with van der Waals surface area (Å²) in [6.07, 6.45) is 16.2. The van der Waals surface area contributed by atoms with E-state index in [0.29, 0.717) is 18.4 Å². The van der Waals surface area contributed by atoms with E-state index in [1.807, 2.05) is 0 Å². The lowest BCUT2D eigenvalue weighted by molar-refractivity contribution is 0.163. The standard InChI is InChI=1S/C20H42O/c1-5-6-7-8-9-10-11-12-16-20(17-21)19(4)15-13-14-18(2)3/h18-21H,5-17H2,1-4H3. The van der Waals surface area contributed by atoms with Gasteiger partial charge in [0.05, 0.1) is 0 Å². The summed E-state index contributed by atoms with van der Waals surface area (Å²) in [6, 6.07) is 0. The van der Waals surface area contributed by atoms with Gasteiger partial charge in [0.25, 0.3) is 0 Å². The molecule has 2 unspecified atom stereocenters. The maximum absolute atomic E-state index is 9.60. The number of rotatable bonds is 15. The van der Waals surface area contributed by atoms with E-state index in [1.54, 1.807) is 0 Å². The highest BCUT2D eigenvalue weighted by Gasteiger charge is 2.15. The second-order valence-electron chi connectivity index (χ2n) is 7.51. The molecular weight excluding hydrogens is 256 g/mol. The van der Waals surface area contributed by atoms with E-state index in [1.165, 1.54) is 77.0 Å². The van der Waals surface area contributed by atoms with Crippen LogP contribution >= 0.6 is 0 Å². The summed E-state index contributed by atoms with van der Waals surface area (Å²) < 4.78 is 0. The van der Waals surface area contributed by atoms with E-state index in [4.69, 9.17) is 0 Å². The van der Waals surface area contributed by atoms with Crippen LogP contribution in [0.1, 0.15) is 105 Å². The van der Waals surface area contributed by atoms with Crippen molar-refractivity contribution in [1.29, 1.82) is 0 Å². The van der Waals surface area contributed by atoms with Crippen LogP contribution in [0.3, 0.4) is 0 Å². The Hall–Kier alpha value is -0.0400. The molecule has 0 aromatic rings. The average Bonchev–Trinajstić information content (AvgIpc) is 2.45. The number of hydrogen-bond acceptors (Lipinski definition) is 1. The number of unbranched alkanes of at least 4 members (excludes halogenated alkanes) is 7. The summed E-state index contributed by atoms with van der Waals surface area (Å²) in [5.74, 6) is 2.05. The van der Waals surface area contributed by atoms with Crippen LogP contribution in [0.5, 0.6) is 0 Å². The number of hydrogen-bond donors (Lipinski definition) is 1. The molecule has 0 fully saturated rings. The topological polar surface area (TPSA) is 20.2 Å². The fourth-order valence-electron chi connectivity index (χ4n) is 3.18. The van der Waals surface area contributed by atoms with Gasteiger partial charge in [0.2, 0.25) is 0 Å². The van der Waals surface area contributed by atoms with Crippen LogP contribution in [-0.4, -0.2) is 11.7 Å². The highest BCUT2D eigenvalue weighted by atomic mass is 16.3. The van der Waals surface area contributed by atoms with E-state index < -0.39 is 0 Å². The summed E-state index contributed by atoms with van der Waals surface area (Å²) in [7, 11) is 0. The minimum absolute atomic E-state index is 0.388. The lowest BCUT2D eigenvalue weighted by Crippen LogP contribution is -2.16. The van der Waals surface area contributed by atoms with Crippen LogP contribution in [0.4, 0.5) is 0 Å². The molecule has 1 nitrogen and oxygen atoms in total. The summed E-state index contributed by atoms with van der Waals surface area (Å²) in [5.41, 5.74) is 0. The SMILES string of the molecule is CCCCCCCCCCC(CO)C(C)CCCC(C)C. The molecule has 0 heterocycles. The van der Waals surface area contributed by atoms with Crippen molar-refractivity contribution in [3.05, 3.63) is 0 Å². The molecule has 0 aliphatic rings. The maximum Gasteiger partial charge on any atom is 0.0461 e. The number of aliphatic hydroxyl groups excluding tert-OH is 1. The molecular formula is C20H42O. The zero-order valence-electron chi connectivity index (χ0n) is 15.4. The molecule has 0 aliphatic carbocycles. The first-order chi connectivity index (χ1) is 10.1. The van der Waals surface area contributed by atoms with E-state index in [-0.39, 0.29) is 0 Å². The Bertz CT molecular complexity index is 200. The predicted molar refractivity (Wildman–Crippen MR) is 95.7 cm³/mol. The van der Waals surface area contributed by atoms with Crippen LogP contribution in [0.25, 0.3) is 0 Å². The van der Waals surface area contributed by atoms with Crippen molar-refractivity contribution in [2.75, 3.05) is 6.61 Å². The molecule has 21 heavy (non-hydrogen) atoms. The third-order valence-electron chi connectivity index (χ3n) is 4.91. The first-order valence-corrected chi connectivity index (χ1v) is 9.72. The fourth-order valence-corrected chi connectivity index (χ4v) is 3.18. The minimum atomic E-state index is 0.388. The van der Waals surface area contributed by atoms with Crippen molar-refractivity contribution >= 4 is 0 Å². The van der Waals surface area contributed by atoms with E-state index in [2.05, 4.69) is 27.7 Å². The molecule has 0 rings (SSSR count). The van der Waals surface area contributed by atoms with Gasteiger partial charge in [0.15, 0.2) is 0 Å². The Labute approximate surface area is 134 Å². The Morgan fingerprint density at radius 3 is 1.76 bits per heavy atom. The molecule has 0 saturated carbocycles. The third kappa shape index (κ3) is 13.4. The first kappa shape index (κ1) is 21.0. The van der Waals surface area contributed by atoms with E-state index in [0.717, 1.165) is 5.92 Å². The van der Waals surface area contributed by atoms with Crippen LogP contribution in [0.2, 0.25) is 0 Å². The van der Waals surface area contributed by atoms with Gasteiger partial charge in [-0.25, -0.2) is 0 Å². The van der Waals surface area contributed by atoms with Crippen LogP contribution in [-0.2, 0) is 0 Å². The van der Waals surface area contributed by atoms with Crippen molar-refractivity contribution < 1.29 is 5.11 Å². The Morgan fingerprint density at radius 1 is 0.667 bits per heavy atom. The minimum Gasteiger partial charge on any atom is -0.396 e. The maximum atomic E-state index is 9.60. The highest BCUT2D eigenvalue weighted by Crippen LogP contribution is 2.24. The molecule has 0 saturated heterocycles. The third-order valence-corrected chi connectivity index (χ3v) is 4.91. The van der Waals surface area contributed by atoms with Gasteiger partial charge in [0.1, 0.15) is 0 Å². The molecule has 0 aromatic heterocycles. The normalized spacial score (nSPS) is 14.6. The quantitative estimate of drug-likeness (QED) is 0.338. The van der Waals surface area contributed by atoms with Crippen molar-refractivity contribution in [1.82, 2.24) is 0 Å². The molecule has 1 N–H and O–H groups in total. The molecule has 0 amide bonds. The predicted octanol–water partition coefficient (Wildman–Crippen LogP) is 6.59. The van der Waals surface area contributed by atoms with Crippen molar-refractivity contribution in [2.24, 2.45) is 17.8 Å². The average molecular weight is 299 g/mol. The van der Waals surface area contributed by atoms with Crippen LogP contribution in [0.15, 0.2) is 0 Å². The second-order valence-corrected chi connectivity index (χ2v) is 7.51. The van der Waals surface area contributed by atoms with Gasteiger partial charge in [-0.15, -0.1) is 0 Å². The largest absolute Gasteiger partial charge is 0.396 e. The molecule has 128 valence electrons. The van der Waals surface area contributed by atoms with Gasteiger partial charge >= 0.3 is 0 Å². The molecule has 1 heteroatoms. The Morgan fingerprint density at radius 2 is 1.24 bits per heavy atom. The fraction of sp³-hybridized carbons (Fsp3) is 1.00. The second kappa shape index (κ2) is 14.9. The van der Waals surface area contributed by atoms with Gasteiger partial charge in [0, 0.05) is 6.61 Å². The molecule has 0 spiro atoms. The van der Waals surface area contributed by atoms with Crippen LogP contribution in [0, 0.1) is 17.8 Å². The molecule has 0 aliphatic heterocycles.